The Morgan fingerprint density at radius 2 is 2.12 bits per heavy atom. The lowest BCUT2D eigenvalue weighted by molar-refractivity contribution is 0.130. The van der Waals surface area contributed by atoms with Crippen molar-refractivity contribution in [3.63, 3.8) is 0 Å². The van der Waals surface area contributed by atoms with Crippen molar-refractivity contribution >= 4 is 20.8 Å². The van der Waals surface area contributed by atoms with Gasteiger partial charge in [-0.25, -0.2) is 0 Å². The maximum absolute atomic E-state index is 8.86. The molecule has 3 N–H and O–H groups in total. The zero-order chi connectivity index (χ0) is 12.2. The molecule has 0 atom stereocenters. The molecule has 7 heteroatoms. The van der Waals surface area contributed by atoms with Gasteiger partial charge in [-0.2, -0.15) is 5.10 Å². The molecule has 90 valence electrons. The van der Waals surface area contributed by atoms with Crippen LogP contribution in [0.1, 0.15) is 5.69 Å². The Kier molecular flexibility index (Phi) is 4.72. The van der Waals surface area contributed by atoms with E-state index in [1.54, 1.807) is 6.07 Å². The first-order chi connectivity index (χ1) is 7.38. The van der Waals surface area contributed by atoms with Crippen LogP contribution < -0.4 is 5.59 Å². The van der Waals surface area contributed by atoms with E-state index < -0.39 is 15.2 Å². The number of hydrogen-bond donors (Lipinski definition) is 3. The fourth-order valence-electron chi connectivity index (χ4n) is 1.14. The molecule has 0 radical (unpaired) electrons. The van der Waals surface area contributed by atoms with Gasteiger partial charge in [-0.3, -0.25) is 5.10 Å². The second kappa shape index (κ2) is 5.63. The second-order valence-electron chi connectivity index (χ2n) is 5.05. The Bertz CT molecular complexity index is 325. The number of nitrogens with one attached hydrogen (secondary N) is 1. The van der Waals surface area contributed by atoms with Crippen molar-refractivity contribution in [2.24, 2.45) is 0 Å². The molecule has 1 rings (SSSR count). The average molecular weight is 242 g/mol. The topological polar surface area (TPSA) is 78.4 Å². The number of hydrogen-bond acceptors (Lipinski definition) is 4. The normalized spacial score (nSPS) is 11.8. The van der Waals surface area contributed by atoms with Gasteiger partial charge in [0, 0.05) is 14.7 Å². The molecule has 1 aromatic heterocycles. The van der Waals surface area contributed by atoms with Gasteiger partial charge in [-0.05, 0) is 12.1 Å². The van der Waals surface area contributed by atoms with E-state index in [4.69, 9.17) is 14.8 Å². The smallest absolute Gasteiger partial charge is 0.422 e. The molecule has 0 saturated carbocycles. The lowest BCUT2D eigenvalue weighted by Crippen LogP contribution is -2.30. The highest BCUT2D eigenvalue weighted by molar-refractivity contribution is 6.76. The molecule has 0 spiro atoms. The van der Waals surface area contributed by atoms with Gasteiger partial charge < -0.3 is 14.8 Å². The van der Waals surface area contributed by atoms with Crippen molar-refractivity contribution in [2.75, 3.05) is 6.61 Å². The molecule has 0 aliphatic heterocycles. The number of ether oxygens (including phenoxy) is 1. The van der Waals surface area contributed by atoms with Gasteiger partial charge in [0.25, 0.3) is 0 Å². The molecule has 1 heterocycles. The Balaban J connectivity index is 2.27. The van der Waals surface area contributed by atoms with E-state index >= 15 is 0 Å². The molecule has 0 amide bonds. The zero-order valence-electron chi connectivity index (χ0n) is 10.0. The summed E-state index contributed by atoms with van der Waals surface area (Å²) in [6.07, 6.45) is 0. The summed E-state index contributed by atoms with van der Waals surface area (Å²) < 4.78 is 5.48. The van der Waals surface area contributed by atoms with E-state index in [1.807, 2.05) is 0 Å². The number of rotatable bonds is 6. The molecule has 16 heavy (non-hydrogen) atoms. The molecular formula is C9H19BN2O3Si. The highest BCUT2D eigenvalue weighted by Crippen LogP contribution is 2.08. The molecule has 0 saturated heterocycles. The second-order valence-corrected chi connectivity index (χ2v) is 10.7. The van der Waals surface area contributed by atoms with E-state index in [9.17, 15) is 0 Å². The van der Waals surface area contributed by atoms with Crippen LogP contribution in [0.5, 0.6) is 0 Å². The minimum Gasteiger partial charge on any atom is -0.422 e. The summed E-state index contributed by atoms with van der Waals surface area (Å²) in [7, 11) is -2.54. The first-order valence-electron chi connectivity index (χ1n) is 5.36. The summed E-state index contributed by atoms with van der Waals surface area (Å²) in [6, 6.07) is 2.71. The molecular weight excluding hydrogens is 223 g/mol. The Morgan fingerprint density at radius 3 is 2.62 bits per heavy atom. The van der Waals surface area contributed by atoms with Crippen molar-refractivity contribution < 1.29 is 14.8 Å². The van der Waals surface area contributed by atoms with Crippen molar-refractivity contribution in [1.29, 1.82) is 0 Å². The summed E-state index contributed by atoms with van der Waals surface area (Å²) in [5, 5.41) is 24.2. The maximum atomic E-state index is 8.86. The molecule has 0 aliphatic rings. The van der Waals surface area contributed by atoms with E-state index in [0.717, 1.165) is 12.7 Å². The highest BCUT2D eigenvalue weighted by Gasteiger charge is 2.15. The van der Waals surface area contributed by atoms with E-state index in [0.29, 0.717) is 17.9 Å². The molecule has 0 unspecified atom stereocenters. The average Bonchev–Trinajstić information content (AvgIpc) is 2.59. The number of aromatic nitrogens is 2. The minimum atomic E-state index is -1.50. The summed E-state index contributed by atoms with van der Waals surface area (Å²) in [6.45, 7) is 8.04. The quantitative estimate of drug-likeness (QED) is 0.482. The van der Waals surface area contributed by atoms with E-state index in [-0.39, 0.29) is 0 Å². The van der Waals surface area contributed by atoms with Gasteiger partial charge in [-0.1, -0.05) is 19.6 Å². The van der Waals surface area contributed by atoms with Gasteiger partial charge in [0.2, 0.25) is 0 Å². The molecule has 5 nitrogen and oxygen atoms in total. The number of nitrogens with zero attached hydrogens (tertiary/aromatic N) is 1. The summed E-state index contributed by atoms with van der Waals surface area (Å²) in [5.74, 6) is 0. The fraction of sp³-hybridized carbons (Fsp3) is 0.667. The van der Waals surface area contributed by atoms with Gasteiger partial charge in [0.15, 0.2) is 0 Å². The van der Waals surface area contributed by atoms with Gasteiger partial charge in [0.1, 0.15) is 0 Å². The van der Waals surface area contributed by atoms with Crippen LogP contribution in [0.3, 0.4) is 0 Å². The number of aromatic amines is 1. The first kappa shape index (κ1) is 13.4. The van der Waals surface area contributed by atoms with Gasteiger partial charge in [0.05, 0.1) is 17.9 Å². The largest absolute Gasteiger partial charge is 0.507 e. The van der Waals surface area contributed by atoms with E-state index in [1.165, 1.54) is 0 Å². The van der Waals surface area contributed by atoms with Crippen LogP contribution in [-0.2, 0) is 11.3 Å². The zero-order valence-corrected chi connectivity index (χ0v) is 11.0. The van der Waals surface area contributed by atoms with Gasteiger partial charge >= 0.3 is 7.12 Å². The van der Waals surface area contributed by atoms with Crippen LogP contribution in [0.15, 0.2) is 6.07 Å². The van der Waals surface area contributed by atoms with Crippen LogP contribution in [-0.4, -0.2) is 42.0 Å². The van der Waals surface area contributed by atoms with Crippen LogP contribution >= 0.6 is 0 Å². The van der Waals surface area contributed by atoms with Gasteiger partial charge in [-0.15, -0.1) is 0 Å². The summed E-state index contributed by atoms with van der Waals surface area (Å²) in [4.78, 5) is 0. The SMILES string of the molecule is C[Si](C)(C)CCOCc1cc(B(O)O)[nH]n1. The third-order valence-electron chi connectivity index (χ3n) is 2.18. The van der Waals surface area contributed by atoms with Crippen molar-refractivity contribution in [3.8, 4) is 0 Å². The van der Waals surface area contributed by atoms with Crippen LogP contribution in [0.2, 0.25) is 25.7 Å². The Morgan fingerprint density at radius 1 is 1.44 bits per heavy atom. The van der Waals surface area contributed by atoms with E-state index in [2.05, 4.69) is 29.8 Å². The van der Waals surface area contributed by atoms with Crippen LogP contribution in [0.25, 0.3) is 0 Å². The van der Waals surface area contributed by atoms with Crippen molar-refractivity contribution in [3.05, 3.63) is 11.8 Å². The minimum absolute atomic E-state index is 0.295. The molecule has 1 aromatic rings. The Hall–Kier alpha value is -0.628. The van der Waals surface area contributed by atoms with Crippen LogP contribution in [0.4, 0.5) is 0 Å². The lowest BCUT2D eigenvalue weighted by atomic mass is 9.86. The first-order valence-corrected chi connectivity index (χ1v) is 9.07. The van der Waals surface area contributed by atoms with Crippen molar-refractivity contribution in [2.45, 2.75) is 32.3 Å². The standard InChI is InChI=1S/C9H19BN2O3Si/c1-16(2,3)5-4-15-7-8-6-9(10(13)14)12-11-8/h6,13-14H,4-5,7H2,1-3H3,(H,11,12). The third-order valence-corrected chi connectivity index (χ3v) is 3.88. The molecule has 0 bridgehead atoms. The third kappa shape index (κ3) is 4.93. The van der Waals surface area contributed by atoms with Crippen LogP contribution in [0, 0.1) is 0 Å². The predicted octanol–water partition coefficient (Wildman–Crippen LogP) is -0.0557. The number of H-pyrrole nitrogens is 1. The fourth-order valence-corrected chi connectivity index (χ4v) is 1.90. The summed E-state index contributed by atoms with van der Waals surface area (Å²) in [5.41, 5.74) is 0.988. The maximum Gasteiger partial charge on any atom is 0.507 e. The monoisotopic (exact) mass is 242 g/mol. The summed E-state index contributed by atoms with van der Waals surface area (Å²) >= 11 is 0. The molecule has 0 fully saturated rings. The highest BCUT2D eigenvalue weighted by atomic mass is 28.3. The lowest BCUT2D eigenvalue weighted by Gasteiger charge is -2.14. The van der Waals surface area contributed by atoms with Crippen molar-refractivity contribution in [1.82, 2.24) is 10.2 Å². The predicted molar refractivity (Wildman–Crippen MR) is 66.2 cm³/mol. The Labute approximate surface area is 97.0 Å². The molecule has 0 aliphatic carbocycles. The molecule has 0 aromatic carbocycles.